The van der Waals surface area contributed by atoms with Crippen molar-refractivity contribution in [3.63, 3.8) is 0 Å². The Bertz CT molecular complexity index is 182. The predicted molar refractivity (Wildman–Crippen MR) is 41.2 cm³/mol. The normalized spacial score (nSPS) is 13.3. The maximum absolute atomic E-state index is 10.9. The van der Waals surface area contributed by atoms with Crippen molar-refractivity contribution in [1.29, 1.82) is 0 Å². The minimum absolute atomic E-state index is 0.0781. The number of ketones is 1. The van der Waals surface area contributed by atoms with Gasteiger partial charge in [0.25, 0.3) is 0 Å². The van der Waals surface area contributed by atoms with Gasteiger partial charge < -0.3 is 5.11 Å². The molecular weight excluding hydrogens is 144 g/mol. The molecule has 0 aromatic heterocycles. The Morgan fingerprint density at radius 2 is 2.00 bits per heavy atom. The first kappa shape index (κ1) is 9.88. The first-order valence-electron chi connectivity index (χ1n) is 3.52. The zero-order valence-corrected chi connectivity index (χ0v) is 6.70. The topological polar surface area (TPSA) is 54.4 Å². The zero-order valence-electron chi connectivity index (χ0n) is 6.70. The monoisotopic (exact) mass is 156 g/mol. The van der Waals surface area contributed by atoms with Gasteiger partial charge in [-0.05, 0) is 12.5 Å². The fourth-order valence-corrected chi connectivity index (χ4v) is 0.519. The predicted octanol–water partition coefficient (Wildman–Crippen LogP) is 1.24. The number of carboxylic acids is 1. The van der Waals surface area contributed by atoms with E-state index in [2.05, 4.69) is 0 Å². The number of rotatable bonds is 4. The van der Waals surface area contributed by atoms with E-state index >= 15 is 0 Å². The minimum atomic E-state index is -1.08. The van der Waals surface area contributed by atoms with E-state index in [4.69, 9.17) is 5.11 Å². The SMILES string of the molecule is CCC(C)C(=O)C=CC(=O)O. The lowest BCUT2D eigenvalue weighted by atomic mass is 10.0. The standard InChI is InChI=1S/C8H12O3/c1-3-6(2)7(9)4-5-8(10)11/h4-6H,3H2,1-2H3,(H,10,11). The first-order chi connectivity index (χ1) is 5.07. The second kappa shape index (κ2) is 4.66. The summed E-state index contributed by atoms with van der Waals surface area (Å²) in [6.45, 7) is 3.66. The fourth-order valence-electron chi connectivity index (χ4n) is 0.519. The second-order valence-corrected chi connectivity index (χ2v) is 2.38. The maximum Gasteiger partial charge on any atom is 0.328 e. The van der Waals surface area contributed by atoms with Gasteiger partial charge in [-0.15, -0.1) is 0 Å². The van der Waals surface area contributed by atoms with E-state index in [1.54, 1.807) is 6.92 Å². The van der Waals surface area contributed by atoms with E-state index in [1.807, 2.05) is 6.92 Å². The molecule has 0 radical (unpaired) electrons. The molecule has 0 bridgehead atoms. The molecule has 0 aromatic rings. The van der Waals surface area contributed by atoms with Crippen molar-refractivity contribution in [3.8, 4) is 0 Å². The van der Waals surface area contributed by atoms with Crippen LogP contribution in [0.15, 0.2) is 12.2 Å². The molecule has 0 saturated carbocycles. The Labute approximate surface area is 65.7 Å². The molecule has 0 heterocycles. The van der Waals surface area contributed by atoms with Gasteiger partial charge in [-0.2, -0.15) is 0 Å². The highest BCUT2D eigenvalue weighted by atomic mass is 16.4. The molecule has 62 valence electrons. The average molecular weight is 156 g/mol. The van der Waals surface area contributed by atoms with Crippen LogP contribution in [0.25, 0.3) is 0 Å². The van der Waals surface area contributed by atoms with Crippen molar-refractivity contribution in [2.24, 2.45) is 5.92 Å². The van der Waals surface area contributed by atoms with Crippen LogP contribution in [0.4, 0.5) is 0 Å². The summed E-state index contributed by atoms with van der Waals surface area (Å²) in [6, 6.07) is 0. The van der Waals surface area contributed by atoms with Gasteiger partial charge in [0.15, 0.2) is 5.78 Å². The number of allylic oxidation sites excluding steroid dienone is 1. The smallest absolute Gasteiger partial charge is 0.328 e. The number of carbonyl (C=O) groups excluding carboxylic acids is 1. The van der Waals surface area contributed by atoms with E-state index in [1.165, 1.54) is 0 Å². The Balaban J connectivity index is 3.96. The highest BCUT2D eigenvalue weighted by molar-refractivity contribution is 5.96. The third-order valence-electron chi connectivity index (χ3n) is 1.49. The van der Waals surface area contributed by atoms with Crippen LogP contribution in [0, 0.1) is 5.92 Å². The van der Waals surface area contributed by atoms with E-state index in [0.717, 1.165) is 18.6 Å². The van der Waals surface area contributed by atoms with Crippen LogP contribution in [0.3, 0.4) is 0 Å². The largest absolute Gasteiger partial charge is 0.478 e. The number of carboxylic acid groups (broad SMARTS) is 1. The quantitative estimate of drug-likeness (QED) is 0.623. The summed E-state index contributed by atoms with van der Waals surface area (Å²) < 4.78 is 0. The number of hydrogen-bond acceptors (Lipinski definition) is 2. The Hall–Kier alpha value is -1.12. The van der Waals surface area contributed by atoms with Crippen molar-refractivity contribution in [2.45, 2.75) is 20.3 Å². The van der Waals surface area contributed by atoms with Crippen molar-refractivity contribution < 1.29 is 14.7 Å². The molecule has 1 atom stereocenters. The molecule has 0 saturated heterocycles. The van der Waals surface area contributed by atoms with Gasteiger partial charge in [-0.1, -0.05) is 13.8 Å². The maximum atomic E-state index is 10.9. The molecule has 3 nitrogen and oxygen atoms in total. The van der Waals surface area contributed by atoms with Crippen molar-refractivity contribution >= 4 is 11.8 Å². The molecule has 0 aliphatic heterocycles. The average Bonchev–Trinajstić information content (AvgIpc) is 1.98. The molecule has 0 rings (SSSR count). The third-order valence-corrected chi connectivity index (χ3v) is 1.49. The number of hydrogen-bond donors (Lipinski definition) is 1. The van der Waals surface area contributed by atoms with Crippen molar-refractivity contribution in [2.75, 3.05) is 0 Å². The molecule has 0 aliphatic carbocycles. The minimum Gasteiger partial charge on any atom is -0.478 e. The molecule has 0 amide bonds. The van der Waals surface area contributed by atoms with Gasteiger partial charge >= 0.3 is 5.97 Å². The van der Waals surface area contributed by atoms with Crippen LogP contribution >= 0.6 is 0 Å². The Morgan fingerprint density at radius 1 is 1.45 bits per heavy atom. The van der Waals surface area contributed by atoms with Crippen LogP contribution in [0.2, 0.25) is 0 Å². The molecule has 0 spiro atoms. The molecule has 3 heteroatoms. The lowest BCUT2D eigenvalue weighted by Gasteiger charge is -2.00. The zero-order chi connectivity index (χ0) is 8.85. The van der Waals surface area contributed by atoms with Crippen molar-refractivity contribution in [3.05, 3.63) is 12.2 Å². The highest BCUT2D eigenvalue weighted by Crippen LogP contribution is 2.02. The molecule has 11 heavy (non-hydrogen) atoms. The van der Waals surface area contributed by atoms with E-state index in [-0.39, 0.29) is 11.7 Å². The Kier molecular flexibility index (Phi) is 4.18. The van der Waals surface area contributed by atoms with Crippen molar-refractivity contribution in [1.82, 2.24) is 0 Å². The summed E-state index contributed by atoms with van der Waals surface area (Å²) in [5.74, 6) is -1.29. The van der Waals surface area contributed by atoms with Crippen LogP contribution in [-0.2, 0) is 9.59 Å². The molecule has 0 aliphatic rings. The first-order valence-corrected chi connectivity index (χ1v) is 3.52. The number of aliphatic carboxylic acids is 1. The molecule has 1 N–H and O–H groups in total. The summed E-state index contributed by atoms with van der Waals surface area (Å²) >= 11 is 0. The van der Waals surface area contributed by atoms with E-state index < -0.39 is 5.97 Å². The fraction of sp³-hybridized carbons (Fsp3) is 0.500. The molecule has 0 aromatic carbocycles. The number of carbonyl (C=O) groups is 2. The molecule has 0 fully saturated rings. The summed E-state index contributed by atoms with van der Waals surface area (Å²) in [5, 5.41) is 8.18. The highest BCUT2D eigenvalue weighted by Gasteiger charge is 2.06. The lowest BCUT2D eigenvalue weighted by Crippen LogP contribution is -2.06. The van der Waals surface area contributed by atoms with Gasteiger partial charge in [0.1, 0.15) is 0 Å². The second-order valence-electron chi connectivity index (χ2n) is 2.38. The molecular formula is C8H12O3. The van der Waals surface area contributed by atoms with Gasteiger partial charge in [0.2, 0.25) is 0 Å². The van der Waals surface area contributed by atoms with Crippen LogP contribution in [0.5, 0.6) is 0 Å². The van der Waals surface area contributed by atoms with Crippen LogP contribution in [0.1, 0.15) is 20.3 Å². The lowest BCUT2D eigenvalue weighted by molar-refractivity contribution is -0.131. The van der Waals surface area contributed by atoms with E-state index in [0.29, 0.717) is 0 Å². The van der Waals surface area contributed by atoms with Gasteiger partial charge in [0.05, 0.1) is 0 Å². The van der Waals surface area contributed by atoms with E-state index in [9.17, 15) is 9.59 Å². The summed E-state index contributed by atoms with van der Waals surface area (Å²) in [4.78, 5) is 20.9. The Morgan fingerprint density at radius 3 is 2.36 bits per heavy atom. The summed E-state index contributed by atoms with van der Waals surface area (Å²) in [6.07, 6.45) is 2.72. The van der Waals surface area contributed by atoms with Gasteiger partial charge in [-0.3, -0.25) is 4.79 Å². The summed E-state index contributed by atoms with van der Waals surface area (Å²) in [7, 11) is 0. The van der Waals surface area contributed by atoms with Crippen LogP contribution < -0.4 is 0 Å². The van der Waals surface area contributed by atoms with Gasteiger partial charge in [-0.25, -0.2) is 4.79 Å². The third kappa shape index (κ3) is 4.31. The van der Waals surface area contributed by atoms with Crippen LogP contribution in [-0.4, -0.2) is 16.9 Å². The summed E-state index contributed by atoms with van der Waals surface area (Å²) in [5.41, 5.74) is 0. The van der Waals surface area contributed by atoms with Gasteiger partial charge in [0, 0.05) is 12.0 Å². The molecule has 1 unspecified atom stereocenters.